The van der Waals surface area contributed by atoms with Gasteiger partial charge in [0, 0.05) is 11.1 Å². The molecule has 0 aliphatic rings. The minimum Gasteiger partial charge on any atom is -0.314 e. The van der Waals surface area contributed by atoms with Gasteiger partial charge in [0.1, 0.15) is 0 Å². The lowest BCUT2D eigenvalue weighted by Gasteiger charge is -2.19. The number of halogens is 1. The summed E-state index contributed by atoms with van der Waals surface area (Å²) in [6, 6.07) is 8.77. The van der Waals surface area contributed by atoms with E-state index in [-0.39, 0.29) is 0 Å². The normalized spacial score (nSPS) is 12.9. The van der Waals surface area contributed by atoms with E-state index in [9.17, 15) is 0 Å². The molecule has 1 atom stereocenters. The minimum atomic E-state index is 0.556. The van der Waals surface area contributed by atoms with Gasteiger partial charge >= 0.3 is 0 Å². The van der Waals surface area contributed by atoms with Gasteiger partial charge in [-0.3, -0.25) is 0 Å². The molecule has 2 heteroatoms. The van der Waals surface area contributed by atoms with Crippen molar-refractivity contribution in [3.63, 3.8) is 0 Å². The van der Waals surface area contributed by atoms with Crippen molar-refractivity contribution in [3.8, 4) is 0 Å². The first kappa shape index (κ1) is 15.5. The average molecular weight is 268 g/mol. The zero-order valence-electron chi connectivity index (χ0n) is 11.9. The molecule has 18 heavy (non-hydrogen) atoms. The zero-order chi connectivity index (χ0) is 13.4. The summed E-state index contributed by atoms with van der Waals surface area (Å²) in [7, 11) is 0. The molecule has 0 aliphatic carbocycles. The molecular formula is C16H26ClN. The van der Waals surface area contributed by atoms with Crippen molar-refractivity contribution >= 4 is 11.6 Å². The van der Waals surface area contributed by atoms with Gasteiger partial charge in [0.15, 0.2) is 0 Å². The lowest BCUT2D eigenvalue weighted by molar-refractivity contribution is 0.410. The highest BCUT2D eigenvalue weighted by Gasteiger charge is 2.11. The van der Waals surface area contributed by atoms with Gasteiger partial charge in [-0.15, -0.1) is 0 Å². The Labute approximate surface area is 117 Å². The van der Waals surface area contributed by atoms with Crippen molar-refractivity contribution in [3.05, 3.63) is 34.9 Å². The highest BCUT2D eigenvalue weighted by molar-refractivity contribution is 6.31. The summed E-state index contributed by atoms with van der Waals surface area (Å²) in [5.74, 6) is 0.687. The van der Waals surface area contributed by atoms with E-state index in [1.54, 1.807) is 0 Å². The van der Waals surface area contributed by atoms with E-state index in [2.05, 4.69) is 38.2 Å². The molecule has 1 rings (SSSR count). The summed E-state index contributed by atoms with van der Waals surface area (Å²) >= 11 is 6.24. The van der Waals surface area contributed by atoms with Gasteiger partial charge in [-0.1, -0.05) is 63.4 Å². The number of hydrogen-bond donors (Lipinski definition) is 1. The van der Waals surface area contributed by atoms with E-state index in [0.717, 1.165) is 18.0 Å². The van der Waals surface area contributed by atoms with Crippen LogP contribution in [0.2, 0.25) is 5.02 Å². The Morgan fingerprint density at radius 1 is 1.22 bits per heavy atom. The Balaban J connectivity index is 2.56. The molecular weight excluding hydrogens is 242 g/mol. The first-order chi connectivity index (χ1) is 8.63. The third-order valence-corrected chi connectivity index (χ3v) is 3.62. The maximum absolute atomic E-state index is 6.24. The molecule has 0 bridgehead atoms. The van der Waals surface area contributed by atoms with Crippen molar-refractivity contribution in [2.75, 3.05) is 6.54 Å². The van der Waals surface area contributed by atoms with E-state index in [1.165, 1.54) is 24.8 Å². The quantitative estimate of drug-likeness (QED) is 0.721. The Morgan fingerprint density at radius 2 is 1.94 bits per heavy atom. The van der Waals surface area contributed by atoms with Crippen LogP contribution in [0, 0.1) is 5.92 Å². The van der Waals surface area contributed by atoms with Crippen molar-refractivity contribution in [1.29, 1.82) is 0 Å². The number of rotatable bonds is 8. The first-order valence-electron chi connectivity index (χ1n) is 7.10. The SMILES string of the molecule is CCCCC(CNC(C)C)Cc1ccccc1Cl. The van der Waals surface area contributed by atoms with E-state index in [4.69, 9.17) is 11.6 Å². The average Bonchev–Trinajstić information content (AvgIpc) is 2.35. The molecule has 0 fully saturated rings. The van der Waals surface area contributed by atoms with Crippen LogP contribution in [0.4, 0.5) is 0 Å². The van der Waals surface area contributed by atoms with Gasteiger partial charge in [0.05, 0.1) is 0 Å². The van der Waals surface area contributed by atoms with Gasteiger partial charge < -0.3 is 5.32 Å². The highest BCUT2D eigenvalue weighted by atomic mass is 35.5. The summed E-state index contributed by atoms with van der Waals surface area (Å²) in [6.45, 7) is 7.74. The number of unbranched alkanes of at least 4 members (excludes halogenated alkanes) is 1. The van der Waals surface area contributed by atoms with Crippen molar-refractivity contribution in [2.45, 2.75) is 52.5 Å². The molecule has 0 saturated heterocycles. The lowest BCUT2D eigenvalue weighted by atomic mass is 9.94. The number of benzene rings is 1. The van der Waals surface area contributed by atoms with Crippen LogP contribution in [0.3, 0.4) is 0 Å². The lowest BCUT2D eigenvalue weighted by Crippen LogP contribution is -2.30. The third-order valence-electron chi connectivity index (χ3n) is 3.25. The fourth-order valence-corrected chi connectivity index (χ4v) is 2.36. The molecule has 0 heterocycles. The van der Waals surface area contributed by atoms with Crippen molar-refractivity contribution < 1.29 is 0 Å². The fraction of sp³-hybridized carbons (Fsp3) is 0.625. The van der Waals surface area contributed by atoms with Gasteiger partial charge in [0.2, 0.25) is 0 Å². The maximum atomic E-state index is 6.24. The van der Waals surface area contributed by atoms with Crippen LogP contribution in [0.5, 0.6) is 0 Å². The molecule has 0 spiro atoms. The third kappa shape index (κ3) is 5.88. The summed E-state index contributed by atoms with van der Waals surface area (Å²) in [6.07, 6.45) is 4.93. The summed E-state index contributed by atoms with van der Waals surface area (Å²) < 4.78 is 0. The van der Waals surface area contributed by atoms with Gasteiger partial charge in [0.25, 0.3) is 0 Å². The molecule has 1 N–H and O–H groups in total. The van der Waals surface area contributed by atoms with Crippen molar-refractivity contribution in [2.24, 2.45) is 5.92 Å². The first-order valence-corrected chi connectivity index (χ1v) is 7.48. The van der Waals surface area contributed by atoms with E-state index < -0.39 is 0 Å². The van der Waals surface area contributed by atoms with E-state index >= 15 is 0 Å². The number of hydrogen-bond acceptors (Lipinski definition) is 1. The molecule has 1 aromatic rings. The second kappa shape index (κ2) is 8.55. The number of nitrogens with one attached hydrogen (secondary N) is 1. The Kier molecular flexibility index (Phi) is 7.38. The summed E-state index contributed by atoms with van der Waals surface area (Å²) in [5, 5.41) is 4.46. The Morgan fingerprint density at radius 3 is 2.56 bits per heavy atom. The maximum Gasteiger partial charge on any atom is 0.0438 e. The molecule has 0 aromatic heterocycles. The molecule has 1 aromatic carbocycles. The van der Waals surface area contributed by atoms with E-state index in [0.29, 0.717) is 12.0 Å². The predicted molar refractivity (Wildman–Crippen MR) is 81.3 cm³/mol. The van der Waals surface area contributed by atoms with Crippen LogP contribution in [0.1, 0.15) is 45.6 Å². The Bertz CT molecular complexity index is 336. The summed E-state index contributed by atoms with van der Waals surface area (Å²) in [4.78, 5) is 0. The topological polar surface area (TPSA) is 12.0 Å². The smallest absolute Gasteiger partial charge is 0.0438 e. The Hall–Kier alpha value is -0.530. The second-order valence-electron chi connectivity index (χ2n) is 5.37. The van der Waals surface area contributed by atoms with Crippen molar-refractivity contribution in [1.82, 2.24) is 5.32 Å². The molecule has 102 valence electrons. The molecule has 0 aliphatic heterocycles. The monoisotopic (exact) mass is 267 g/mol. The molecule has 1 unspecified atom stereocenters. The largest absolute Gasteiger partial charge is 0.314 e. The van der Waals surface area contributed by atoms with Crippen LogP contribution in [-0.4, -0.2) is 12.6 Å². The standard InChI is InChI=1S/C16H26ClN/c1-4-5-8-14(12-18-13(2)3)11-15-9-6-7-10-16(15)17/h6-7,9-10,13-14,18H,4-5,8,11-12H2,1-3H3. The van der Waals surface area contributed by atoms with Crippen LogP contribution in [0.15, 0.2) is 24.3 Å². The minimum absolute atomic E-state index is 0.556. The zero-order valence-corrected chi connectivity index (χ0v) is 12.6. The van der Waals surface area contributed by atoms with Gasteiger partial charge in [-0.2, -0.15) is 0 Å². The molecule has 0 saturated carbocycles. The highest BCUT2D eigenvalue weighted by Crippen LogP contribution is 2.21. The predicted octanol–water partition coefficient (Wildman–Crippen LogP) is 4.69. The van der Waals surface area contributed by atoms with Crippen LogP contribution < -0.4 is 5.32 Å². The molecule has 0 radical (unpaired) electrons. The second-order valence-corrected chi connectivity index (χ2v) is 5.77. The van der Waals surface area contributed by atoms with Crippen LogP contribution >= 0.6 is 11.6 Å². The van der Waals surface area contributed by atoms with Crippen LogP contribution in [-0.2, 0) is 6.42 Å². The fourth-order valence-electron chi connectivity index (χ4n) is 2.15. The molecule has 0 amide bonds. The van der Waals surface area contributed by atoms with Gasteiger partial charge in [-0.05, 0) is 36.9 Å². The molecule has 1 nitrogen and oxygen atoms in total. The van der Waals surface area contributed by atoms with Crippen LogP contribution in [0.25, 0.3) is 0 Å². The summed E-state index contributed by atoms with van der Waals surface area (Å²) in [5.41, 5.74) is 1.28. The van der Waals surface area contributed by atoms with Gasteiger partial charge in [-0.25, -0.2) is 0 Å². The van der Waals surface area contributed by atoms with E-state index in [1.807, 2.05) is 12.1 Å².